The highest BCUT2D eigenvalue weighted by Crippen LogP contribution is 2.10. The van der Waals surface area contributed by atoms with Gasteiger partial charge in [0.1, 0.15) is 0 Å². The molecule has 7 heteroatoms. The maximum absolute atomic E-state index is 5.81. The highest BCUT2D eigenvalue weighted by atomic mass is 35.5. The van der Waals surface area contributed by atoms with Gasteiger partial charge in [-0.1, -0.05) is 0 Å². The number of hydrogen-bond donors (Lipinski definition) is 2. The molecule has 0 aliphatic heterocycles. The summed E-state index contributed by atoms with van der Waals surface area (Å²) in [6.07, 6.45) is 0.871. The largest absolute Gasteiger partial charge is 0.385 e. The van der Waals surface area contributed by atoms with E-state index in [1.165, 1.54) is 0 Å². The summed E-state index contributed by atoms with van der Waals surface area (Å²) in [5.74, 6) is 0.957. The van der Waals surface area contributed by atoms with E-state index < -0.39 is 0 Å². The second-order valence-electron chi connectivity index (χ2n) is 3.61. The third kappa shape index (κ3) is 5.14. The number of rotatable bonds is 7. The molecule has 1 heterocycles. The normalized spacial score (nSPS) is 12.2. The Morgan fingerprint density at radius 3 is 2.65 bits per heavy atom. The SMILES string of the molecule is CCNc1nc(Cl)nc(NC(C)CCOC)n1. The molecule has 0 aromatic carbocycles. The lowest BCUT2D eigenvalue weighted by Gasteiger charge is -2.13. The zero-order valence-electron chi connectivity index (χ0n) is 10.3. The van der Waals surface area contributed by atoms with E-state index in [-0.39, 0.29) is 11.3 Å². The molecule has 1 aromatic rings. The van der Waals surface area contributed by atoms with Gasteiger partial charge >= 0.3 is 0 Å². The molecule has 96 valence electrons. The molecule has 1 atom stereocenters. The van der Waals surface area contributed by atoms with Crippen LogP contribution in [0, 0.1) is 0 Å². The lowest BCUT2D eigenvalue weighted by molar-refractivity contribution is 0.191. The van der Waals surface area contributed by atoms with Crippen LogP contribution in [0.3, 0.4) is 0 Å². The first-order valence-corrected chi connectivity index (χ1v) is 5.94. The van der Waals surface area contributed by atoms with Gasteiger partial charge in [-0.2, -0.15) is 15.0 Å². The Hall–Kier alpha value is -1.14. The van der Waals surface area contributed by atoms with E-state index >= 15 is 0 Å². The zero-order valence-corrected chi connectivity index (χ0v) is 11.1. The Kier molecular flexibility index (Phi) is 5.93. The van der Waals surface area contributed by atoms with Crippen molar-refractivity contribution >= 4 is 23.5 Å². The van der Waals surface area contributed by atoms with E-state index in [0.717, 1.165) is 13.0 Å². The summed E-state index contributed by atoms with van der Waals surface area (Å²) < 4.78 is 5.00. The summed E-state index contributed by atoms with van der Waals surface area (Å²) in [4.78, 5) is 12.2. The molecule has 0 saturated heterocycles. The number of halogens is 1. The summed E-state index contributed by atoms with van der Waals surface area (Å²) >= 11 is 5.81. The minimum Gasteiger partial charge on any atom is -0.385 e. The quantitative estimate of drug-likeness (QED) is 0.778. The van der Waals surface area contributed by atoms with Crippen LogP contribution in [0.25, 0.3) is 0 Å². The topological polar surface area (TPSA) is 72.0 Å². The molecule has 0 spiro atoms. The molecule has 6 nitrogen and oxygen atoms in total. The van der Waals surface area contributed by atoms with Crippen molar-refractivity contribution in [2.75, 3.05) is 30.9 Å². The van der Waals surface area contributed by atoms with Crippen LogP contribution in [0.15, 0.2) is 0 Å². The highest BCUT2D eigenvalue weighted by Gasteiger charge is 2.07. The van der Waals surface area contributed by atoms with Crippen LogP contribution in [-0.2, 0) is 4.74 Å². The third-order valence-corrected chi connectivity index (χ3v) is 2.24. The second-order valence-corrected chi connectivity index (χ2v) is 3.95. The predicted octanol–water partition coefficient (Wildman–Crippen LogP) is 1.79. The van der Waals surface area contributed by atoms with Crippen molar-refractivity contribution < 1.29 is 4.74 Å². The molecule has 17 heavy (non-hydrogen) atoms. The van der Waals surface area contributed by atoms with E-state index in [2.05, 4.69) is 25.6 Å². The van der Waals surface area contributed by atoms with Gasteiger partial charge in [0.25, 0.3) is 0 Å². The Balaban J connectivity index is 2.63. The van der Waals surface area contributed by atoms with Gasteiger partial charge in [0, 0.05) is 26.3 Å². The average molecular weight is 260 g/mol. The van der Waals surface area contributed by atoms with Gasteiger partial charge < -0.3 is 15.4 Å². The number of methoxy groups -OCH3 is 1. The maximum Gasteiger partial charge on any atom is 0.229 e. The zero-order chi connectivity index (χ0) is 12.7. The van der Waals surface area contributed by atoms with Gasteiger partial charge in [0.15, 0.2) is 0 Å². The van der Waals surface area contributed by atoms with Crippen LogP contribution in [0.1, 0.15) is 20.3 Å². The first kappa shape index (κ1) is 13.9. The Bertz CT molecular complexity index is 349. The fourth-order valence-corrected chi connectivity index (χ4v) is 1.40. The van der Waals surface area contributed by atoms with Crippen molar-refractivity contribution in [3.8, 4) is 0 Å². The van der Waals surface area contributed by atoms with E-state index in [4.69, 9.17) is 16.3 Å². The average Bonchev–Trinajstić information content (AvgIpc) is 2.26. The van der Waals surface area contributed by atoms with Crippen LogP contribution in [0.5, 0.6) is 0 Å². The molecule has 0 aliphatic carbocycles. The molecule has 0 fully saturated rings. The summed E-state index contributed by atoms with van der Waals surface area (Å²) in [6, 6.07) is 0.211. The van der Waals surface area contributed by atoms with Gasteiger partial charge in [-0.15, -0.1) is 0 Å². The number of hydrogen-bond acceptors (Lipinski definition) is 6. The van der Waals surface area contributed by atoms with Crippen LogP contribution < -0.4 is 10.6 Å². The number of aromatic nitrogens is 3. The molecular weight excluding hydrogens is 242 g/mol. The molecule has 1 aromatic heterocycles. The van der Waals surface area contributed by atoms with Gasteiger partial charge in [-0.05, 0) is 31.9 Å². The van der Waals surface area contributed by atoms with Gasteiger partial charge in [-0.3, -0.25) is 0 Å². The smallest absolute Gasteiger partial charge is 0.229 e. The van der Waals surface area contributed by atoms with Gasteiger partial charge in [0.05, 0.1) is 0 Å². The second kappa shape index (κ2) is 7.24. The Labute approximate surface area is 106 Å². The fourth-order valence-electron chi connectivity index (χ4n) is 1.24. The first-order chi connectivity index (χ1) is 8.15. The van der Waals surface area contributed by atoms with Crippen molar-refractivity contribution in [2.45, 2.75) is 26.3 Å². The van der Waals surface area contributed by atoms with Gasteiger partial charge in [-0.25, -0.2) is 0 Å². The Morgan fingerprint density at radius 2 is 2.00 bits per heavy atom. The molecule has 0 bridgehead atoms. The molecule has 1 unspecified atom stereocenters. The molecule has 0 saturated carbocycles. The maximum atomic E-state index is 5.81. The van der Waals surface area contributed by atoms with Gasteiger partial charge in [0.2, 0.25) is 17.2 Å². The summed E-state index contributed by atoms with van der Waals surface area (Å²) in [7, 11) is 1.68. The first-order valence-electron chi connectivity index (χ1n) is 5.56. The van der Waals surface area contributed by atoms with E-state index in [1.807, 2.05) is 13.8 Å². The summed E-state index contributed by atoms with van der Waals surface area (Å²) in [5, 5.41) is 6.32. The van der Waals surface area contributed by atoms with Crippen molar-refractivity contribution in [3.05, 3.63) is 5.28 Å². The molecular formula is C10H18ClN5O. The number of nitrogens with one attached hydrogen (secondary N) is 2. The minimum absolute atomic E-state index is 0.178. The predicted molar refractivity (Wildman–Crippen MR) is 68.6 cm³/mol. The number of ether oxygens (including phenoxy) is 1. The van der Waals surface area contributed by atoms with E-state index in [1.54, 1.807) is 7.11 Å². The molecule has 2 N–H and O–H groups in total. The van der Waals surface area contributed by atoms with E-state index in [9.17, 15) is 0 Å². The molecule has 0 aliphatic rings. The molecule has 1 rings (SSSR count). The molecule has 0 amide bonds. The fraction of sp³-hybridized carbons (Fsp3) is 0.700. The lowest BCUT2D eigenvalue weighted by Crippen LogP contribution is -2.19. The lowest BCUT2D eigenvalue weighted by atomic mass is 10.2. The Morgan fingerprint density at radius 1 is 1.29 bits per heavy atom. The monoisotopic (exact) mass is 259 g/mol. The van der Waals surface area contributed by atoms with Crippen LogP contribution in [-0.4, -0.2) is 41.3 Å². The summed E-state index contributed by atoms with van der Waals surface area (Å²) in [5.41, 5.74) is 0. The van der Waals surface area contributed by atoms with Crippen LogP contribution in [0.4, 0.5) is 11.9 Å². The highest BCUT2D eigenvalue weighted by molar-refractivity contribution is 6.28. The van der Waals surface area contributed by atoms with Crippen LogP contribution in [0.2, 0.25) is 5.28 Å². The van der Waals surface area contributed by atoms with Crippen molar-refractivity contribution in [1.82, 2.24) is 15.0 Å². The summed E-state index contributed by atoms with van der Waals surface area (Å²) in [6.45, 7) is 5.42. The number of nitrogens with zero attached hydrogens (tertiary/aromatic N) is 3. The van der Waals surface area contributed by atoms with Crippen molar-refractivity contribution in [2.24, 2.45) is 0 Å². The third-order valence-electron chi connectivity index (χ3n) is 2.07. The van der Waals surface area contributed by atoms with E-state index in [0.29, 0.717) is 18.5 Å². The molecule has 0 radical (unpaired) electrons. The number of anilines is 2. The van der Waals surface area contributed by atoms with Crippen molar-refractivity contribution in [1.29, 1.82) is 0 Å². The minimum atomic E-state index is 0.178. The van der Waals surface area contributed by atoms with Crippen LogP contribution >= 0.6 is 11.6 Å². The standard InChI is InChI=1S/C10H18ClN5O/c1-4-12-9-14-8(11)15-10(16-9)13-7(2)5-6-17-3/h7H,4-6H2,1-3H3,(H2,12,13,14,15,16). The van der Waals surface area contributed by atoms with Crippen molar-refractivity contribution in [3.63, 3.8) is 0 Å².